The lowest BCUT2D eigenvalue weighted by Gasteiger charge is -2.54. The Morgan fingerprint density at radius 1 is 0.971 bits per heavy atom. The van der Waals surface area contributed by atoms with Crippen molar-refractivity contribution >= 4 is 11.8 Å². The van der Waals surface area contributed by atoms with Gasteiger partial charge in [-0.1, -0.05) is 70.9 Å². The molecule has 3 rings (SSSR count). The Kier molecular flexibility index (Phi) is 9.99. The number of likely N-dealkylation sites (tertiary alicyclic amines) is 1. The molecule has 2 saturated heterocycles. The summed E-state index contributed by atoms with van der Waals surface area (Å²) in [6.45, 7) is 11.4. The summed E-state index contributed by atoms with van der Waals surface area (Å²) in [5.74, 6) is 0.612. The Hall–Kier alpha value is -1.88. The van der Waals surface area contributed by atoms with E-state index in [1.807, 2.05) is 4.90 Å². The number of unbranched alkanes of at least 4 members (excludes halogenated alkanes) is 3. The SMILES string of the molecule is CCC(CC)N1C(=O)[C@H](CC(C)C)NC(=O)C12CCN(CCCCCCc1ccccc1)CC2. The van der Waals surface area contributed by atoms with Crippen LogP contribution in [-0.2, 0) is 16.0 Å². The van der Waals surface area contributed by atoms with E-state index in [1.165, 1.54) is 37.7 Å². The molecule has 2 aliphatic rings. The fraction of sp³-hybridized carbons (Fsp3) is 0.724. The Bertz CT molecular complexity index is 767. The quantitative estimate of drug-likeness (QED) is 0.429. The Labute approximate surface area is 207 Å². The zero-order valence-electron chi connectivity index (χ0n) is 22.0. The van der Waals surface area contributed by atoms with Gasteiger partial charge < -0.3 is 15.1 Å². The van der Waals surface area contributed by atoms with Crippen molar-refractivity contribution in [3.05, 3.63) is 35.9 Å². The number of rotatable bonds is 12. The number of hydrogen-bond donors (Lipinski definition) is 1. The van der Waals surface area contributed by atoms with Crippen molar-refractivity contribution in [2.24, 2.45) is 5.92 Å². The minimum absolute atomic E-state index is 0.0882. The van der Waals surface area contributed by atoms with E-state index in [9.17, 15) is 9.59 Å². The Morgan fingerprint density at radius 2 is 1.62 bits per heavy atom. The molecule has 2 fully saturated rings. The monoisotopic (exact) mass is 469 g/mol. The number of carbonyl (C=O) groups excluding carboxylic acids is 2. The topological polar surface area (TPSA) is 52.7 Å². The molecule has 0 aliphatic carbocycles. The van der Waals surface area contributed by atoms with E-state index in [2.05, 4.69) is 68.2 Å². The van der Waals surface area contributed by atoms with Crippen LogP contribution in [0.4, 0.5) is 0 Å². The minimum atomic E-state index is -0.659. The van der Waals surface area contributed by atoms with Crippen LogP contribution in [0.2, 0.25) is 0 Å². The summed E-state index contributed by atoms with van der Waals surface area (Å²) in [6, 6.07) is 10.5. The van der Waals surface area contributed by atoms with Gasteiger partial charge in [-0.15, -0.1) is 0 Å². The first-order valence-corrected chi connectivity index (χ1v) is 13.8. The van der Waals surface area contributed by atoms with Gasteiger partial charge in [0.2, 0.25) is 11.8 Å². The smallest absolute Gasteiger partial charge is 0.246 e. The number of piperidine rings is 1. The van der Waals surface area contributed by atoms with Crippen LogP contribution in [0.5, 0.6) is 0 Å². The molecule has 1 aromatic rings. The van der Waals surface area contributed by atoms with Crippen LogP contribution < -0.4 is 5.32 Å². The number of aryl methyl sites for hydroxylation is 1. The molecule has 0 radical (unpaired) electrons. The second-order valence-corrected chi connectivity index (χ2v) is 10.9. The second-order valence-electron chi connectivity index (χ2n) is 10.9. The number of nitrogens with one attached hydrogen (secondary N) is 1. The van der Waals surface area contributed by atoms with Gasteiger partial charge in [0.05, 0.1) is 0 Å². The lowest BCUT2D eigenvalue weighted by Crippen LogP contribution is -2.74. The van der Waals surface area contributed by atoms with E-state index in [4.69, 9.17) is 0 Å². The van der Waals surface area contributed by atoms with E-state index in [-0.39, 0.29) is 23.9 Å². The van der Waals surface area contributed by atoms with Crippen molar-refractivity contribution in [2.45, 2.75) is 110 Å². The lowest BCUT2D eigenvalue weighted by molar-refractivity contribution is -0.166. The number of carbonyl (C=O) groups is 2. The molecule has 1 N–H and O–H groups in total. The first kappa shape index (κ1) is 26.7. The summed E-state index contributed by atoms with van der Waals surface area (Å²) in [7, 11) is 0. The highest BCUT2D eigenvalue weighted by molar-refractivity contribution is 6.00. The molecule has 5 nitrogen and oxygen atoms in total. The third-order valence-corrected chi connectivity index (χ3v) is 7.96. The van der Waals surface area contributed by atoms with Crippen LogP contribution in [0.3, 0.4) is 0 Å². The highest BCUT2D eigenvalue weighted by Gasteiger charge is 2.55. The van der Waals surface area contributed by atoms with Crippen molar-refractivity contribution < 1.29 is 9.59 Å². The van der Waals surface area contributed by atoms with Crippen LogP contribution in [-0.4, -0.2) is 58.9 Å². The molecule has 1 aromatic carbocycles. The zero-order chi connectivity index (χ0) is 24.6. The van der Waals surface area contributed by atoms with E-state index < -0.39 is 5.54 Å². The van der Waals surface area contributed by atoms with E-state index >= 15 is 0 Å². The number of hydrogen-bond acceptors (Lipinski definition) is 3. The van der Waals surface area contributed by atoms with E-state index in [0.717, 1.165) is 45.3 Å². The molecule has 1 spiro atoms. The van der Waals surface area contributed by atoms with Crippen LogP contribution in [0.15, 0.2) is 30.3 Å². The first-order chi connectivity index (χ1) is 16.4. The molecule has 2 heterocycles. The molecular weight excluding hydrogens is 422 g/mol. The molecule has 2 aliphatic heterocycles. The lowest BCUT2D eigenvalue weighted by atomic mass is 9.79. The van der Waals surface area contributed by atoms with Gasteiger partial charge in [-0.05, 0) is 69.4 Å². The number of piperazine rings is 1. The van der Waals surface area contributed by atoms with Gasteiger partial charge in [0.1, 0.15) is 11.6 Å². The zero-order valence-corrected chi connectivity index (χ0v) is 22.0. The van der Waals surface area contributed by atoms with Crippen molar-refractivity contribution in [3.63, 3.8) is 0 Å². The van der Waals surface area contributed by atoms with Crippen LogP contribution in [0, 0.1) is 5.92 Å². The summed E-state index contributed by atoms with van der Waals surface area (Å²) in [4.78, 5) is 31.6. The third kappa shape index (κ3) is 6.41. The predicted octanol–water partition coefficient (Wildman–Crippen LogP) is 5.19. The summed E-state index contributed by atoms with van der Waals surface area (Å²) in [5.41, 5.74) is 0.773. The van der Waals surface area contributed by atoms with Gasteiger partial charge >= 0.3 is 0 Å². The molecule has 0 unspecified atom stereocenters. The summed E-state index contributed by atoms with van der Waals surface area (Å²) >= 11 is 0. The normalized spacial score (nSPS) is 21.0. The molecule has 2 amide bonds. The average Bonchev–Trinajstić information content (AvgIpc) is 2.84. The number of amides is 2. The summed E-state index contributed by atoms with van der Waals surface area (Å²) in [5, 5.41) is 3.14. The second kappa shape index (κ2) is 12.7. The van der Waals surface area contributed by atoms with Gasteiger partial charge in [0.15, 0.2) is 0 Å². The van der Waals surface area contributed by atoms with Crippen LogP contribution >= 0.6 is 0 Å². The maximum Gasteiger partial charge on any atom is 0.246 e. The van der Waals surface area contributed by atoms with E-state index in [0.29, 0.717) is 12.3 Å². The molecule has 0 bridgehead atoms. The van der Waals surface area contributed by atoms with Crippen molar-refractivity contribution in [2.75, 3.05) is 19.6 Å². The van der Waals surface area contributed by atoms with Gasteiger partial charge in [-0.2, -0.15) is 0 Å². The Morgan fingerprint density at radius 3 is 2.24 bits per heavy atom. The fourth-order valence-corrected chi connectivity index (χ4v) is 5.93. The highest BCUT2D eigenvalue weighted by atomic mass is 16.2. The molecule has 0 aromatic heterocycles. The summed E-state index contributed by atoms with van der Waals surface area (Å²) in [6.07, 6.45) is 10.2. The molecule has 190 valence electrons. The third-order valence-electron chi connectivity index (χ3n) is 7.96. The maximum absolute atomic E-state index is 13.6. The van der Waals surface area contributed by atoms with Gasteiger partial charge in [0, 0.05) is 19.1 Å². The van der Waals surface area contributed by atoms with Gasteiger partial charge in [0.25, 0.3) is 0 Å². The van der Waals surface area contributed by atoms with Gasteiger partial charge in [-0.3, -0.25) is 9.59 Å². The molecule has 5 heteroatoms. The van der Waals surface area contributed by atoms with Crippen molar-refractivity contribution in [1.82, 2.24) is 15.1 Å². The summed E-state index contributed by atoms with van der Waals surface area (Å²) < 4.78 is 0. The molecule has 1 atom stereocenters. The Balaban J connectivity index is 1.51. The van der Waals surface area contributed by atoms with Crippen LogP contribution in [0.1, 0.15) is 91.0 Å². The van der Waals surface area contributed by atoms with Crippen molar-refractivity contribution in [3.8, 4) is 0 Å². The largest absolute Gasteiger partial charge is 0.342 e. The molecule has 0 saturated carbocycles. The minimum Gasteiger partial charge on any atom is -0.342 e. The van der Waals surface area contributed by atoms with Crippen LogP contribution in [0.25, 0.3) is 0 Å². The standard InChI is InChI=1S/C29H47N3O2/c1-5-25(6-2)32-27(33)26(22-23(3)4)30-28(34)29(32)17-20-31(21-18-29)19-13-8-7-10-14-24-15-11-9-12-16-24/h9,11-12,15-16,23,25-26H,5-8,10,13-14,17-22H2,1-4H3,(H,30,34)/t26-/m0/s1. The fourth-order valence-electron chi connectivity index (χ4n) is 5.93. The highest BCUT2D eigenvalue weighted by Crippen LogP contribution is 2.37. The van der Waals surface area contributed by atoms with Gasteiger partial charge in [-0.25, -0.2) is 0 Å². The number of benzene rings is 1. The number of nitrogens with zero attached hydrogens (tertiary/aromatic N) is 2. The first-order valence-electron chi connectivity index (χ1n) is 13.8. The van der Waals surface area contributed by atoms with E-state index in [1.54, 1.807) is 0 Å². The molecular formula is C29H47N3O2. The predicted molar refractivity (Wildman–Crippen MR) is 140 cm³/mol. The maximum atomic E-state index is 13.6. The van der Waals surface area contributed by atoms with Crippen molar-refractivity contribution in [1.29, 1.82) is 0 Å². The average molecular weight is 470 g/mol. The molecule has 34 heavy (non-hydrogen) atoms.